The third-order valence-corrected chi connectivity index (χ3v) is 19.2. The molecule has 0 radical (unpaired) electrons. The van der Waals surface area contributed by atoms with Crippen LogP contribution in [-0.2, 0) is 34.5 Å². The van der Waals surface area contributed by atoms with Crippen molar-refractivity contribution in [2.24, 2.45) is 11.8 Å². The van der Waals surface area contributed by atoms with E-state index in [0.717, 1.165) is 102 Å². The molecule has 6 fully saturated rings. The van der Waals surface area contributed by atoms with E-state index in [9.17, 15) is 4.79 Å². The van der Waals surface area contributed by atoms with E-state index in [1.165, 1.54) is 119 Å². The van der Waals surface area contributed by atoms with E-state index in [0.29, 0.717) is 18.6 Å². The zero-order valence-corrected chi connectivity index (χ0v) is 46.0. The number of hydrogen-bond acceptors (Lipinski definition) is 8. The summed E-state index contributed by atoms with van der Waals surface area (Å²) in [4.78, 5) is 25.8. The quantitative estimate of drug-likeness (QED) is 0.110. The largest absolute Gasteiger partial charge is 0.444 e. The third-order valence-electron chi connectivity index (χ3n) is 19.2. The second-order valence-electron chi connectivity index (χ2n) is 25.8. The van der Waals surface area contributed by atoms with Crippen molar-refractivity contribution in [3.63, 3.8) is 0 Å². The van der Waals surface area contributed by atoms with E-state index in [1.54, 1.807) is 5.56 Å². The van der Waals surface area contributed by atoms with Crippen LogP contribution in [0.2, 0.25) is 0 Å². The van der Waals surface area contributed by atoms with Gasteiger partial charge in [0.2, 0.25) is 0 Å². The maximum Gasteiger partial charge on any atom is 0.410 e. The Kier molecular flexibility index (Phi) is 16.3. The van der Waals surface area contributed by atoms with Gasteiger partial charge in [-0.2, -0.15) is 0 Å². The Bertz CT molecular complexity index is 2480. The Labute approximate surface area is 450 Å². The minimum absolute atomic E-state index is 0.0390. The highest BCUT2D eigenvalue weighted by atomic mass is 16.6. The number of carbonyl (C=O) groups excluding carboxylic acids is 1. The highest BCUT2D eigenvalue weighted by Crippen LogP contribution is 2.53. The molecule has 4 saturated carbocycles. The van der Waals surface area contributed by atoms with Crippen molar-refractivity contribution in [1.82, 2.24) is 14.9 Å². The maximum absolute atomic E-state index is 14.0. The number of hydrogen-bond donors (Lipinski definition) is 0. The molecule has 12 rings (SSSR count). The van der Waals surface area contributed by atoms with E-state index < -0.39 is 5.60 Å². The summed E-state index contributed by atoms with van der Waals surface area (Å²) in [6, 6.07) is 30.5. The SMILES string of the molecule is CC(C)(C)OC(=O)N(CC[C@@]1(c2ccccn2)CCOC2(CCCC2)C1)[C@H]1CC[C@H](OCC2CC2)c2ccccc21.c1ccc([C@]2(CCC[C@H]3CC[C@H](OCC4CC4)c4ccccc43)CCOC3(CCCC3)C2)nc1. The molecule has 8 aliphatic rings. The Balaban J connectivity index is 0.000000163. The van der Waals surface area contributed by atoms with E-state index in [4.69, 9.17) is 33.7 Å². The molecule has 2 aromatic heterocycles. The number of rotatable bonds is 16. The van der Waals surface area contributed by atoms with Crippen molar-refractivity contribution in [3.05, 3.63) is 131 Å². The average molecular weight is 1020 g/mol. The fraction of sp³-hybridized carbons (Fsp3) is 0.652. The number of ether oxygens (including phenoxy) is 5. The van der Waals surface area contributed by atoms with Gasteiger partial charge in [0.1, 0.15) is 5.60 Å². The molecule has 2 aromatic carbocycles. The van der Waals surface area contributed by atoms with Gasteiger partial charge in [-0.3, -0.25) is 9.97 Å². The molecule has 6 atom stereocenters. The second kappa shape index (κ2) is 23.1. The first-order chi connectivity index (χ1) is 36.5. The second-order valence-corrected chi connectivity index (χ2v) is 25.8. The van der Waals surface area contributed by atoms with E-state index in [1.807, 2.05) is 44.1 Å². The zero-order chi connectivity index (χ0) is 51.4. The van der Waals surface area contributed by atoms with Gasteiger partial charge in [-0.15, -0.1) is 0 Å². The van der Waals surface area contributed by atoms with Crippen molar-refractivity contribution in [2.45, 2.75) is 227 Å². The molecule has 0 bridgehead atoms. The molecule has 2 saturated heterocycles. The molecule has 2 spiro atoms. The summed E-state index contributed by atoms with van der Waals surface area (Å²) in [6.45, 7) is 9.92. The highest BCUT2D eigenvalue weighted by Gasteiger charge is 2.51. The van der Waals surface area contributed by atoms with Crippen molar-refractivity contribution < 1.29 is 28.5 Å². The fourth-order valence-electron chi connectivity index (χ4n) is 14.9. The molecule has 6 aliphatic carbocycles. The topological polar surface area (TPSA) is 92.2 Å². The van der Waals surface area contributed by atoms with E-state index in [-0.39, 0.29) is 40.3 Å². The van der Waals surface area contributed by atoms with Gasteiger partial charge in [-0.1, -0.05) is 92.8 Å². The standard InChI is InChI=1S/C35H48N2O4.C31H41NO2/c1-33(2,3)41-32(38)37(29-15-16-30(39-24-26-13-14-26)28-11-5-4-10-27(28)29)22-19-34(31-12-6-9-21-36-31)20-23-40-35(25-34)17-7-8-18-35;1-2-10-27-26(9-1)25(14-15-28(27)33-22-24-12-13-24)8-7-16-30(29-11-3-6-20-32-29)19-21-34-31(23-30)17-4-5-18-31/h4-6,9-12,21,26,29-30H,7-8,13-20,22-25H2,1-3H3;1-3,6,9-11,20,24-25,28H,4-5,7-8,12-19,21-23H2/t29-,30-,34+;25-,28-,30+/m00/s1. The van der Waals surface area contributed by atoms with Gasteiger partial charge in [-0.25, -0.2) is 4.79 Å². The van der Waals surface area contributed by atoms with Crippen molar-refractivity contribution in [3.8, 4) is 0 Å². The third kappa shape index (κ3) is 12.6. The van der Waals surface area contributed by atoms with Crippen LogP contribution in [0.4, 0.5) is 4.79 Å². The molecule has 2 aliphatic heterocycles. The molecular formula is C66H89N3O6. The van der Waals surface area contributed by atoms with Gasteiger partial charge in [0.05, 0.1) is 42.7 Å². The van der Waals surface area contributed by atoms with Crippen molar-refractivity contribution in [1.29, 1.82) is 0 Å². The van der Waals surface area contributed by atoms with Gasteiger partial charge in [-0.05, 0) is 207 Å². The summed E-state index contributed by atoms with van der Waals surface area (Å²) in [5.74, 6) is 2.22. The first kappa shape index (κ1) is 52.9. The van der Waals surface area contributed by atoms with Gasteiger partial charge in [0.25, 0.3) is 0 Å². The van der Waals surface area contributed by atoms with Crippen LogP contribution < -0.4 is 0 Å². The van der Waals surface area contributed by atoms with Crippen LogP contribution in [0.1, 0.15) is 233 Å². The summed E-state index contributed by atoms with van der Waals surface area (Å²) in [7, 11) is 0. The fourth-order valence-corrected chi connectivity index (χ4v) is 14.9. The van der Waals surface area contributed by atoms with E-state index in [2.05, 4.69) is 78.9 Å². The summed E-state index contributed by atoms with van der Waals surface area (Å²) < 4.78 is 31.8. The predicted molar refractivity (Wildman–Crippen MR) is 296 cm³/mol. The number of amides is 1. The molecule has 4 aromatic rings. The monoisotopic (exact) mass is 1020 g/mol. The Morgan fingerprint density at radius 2 is 1.08 bits per heavy atom. The van der Waals surface area contributed by atoms with Gasteiger partial charge in [0.15, 0.2) is 0 Å². The van der Waals surface area contributed by atoms with Gasteiger partial charge >= 0.3 is 6.09 Å². The molecule has 9 heteroatoms. The van der Waals surface area contributed by atoms with Gasteiger partial charge in [0, 0.05) is 54.4 Å². The molecule has 404 valence electrons. The molecule has 0 unspecified atom stereocenters. The lowest BCUT2D eigenvalue weighted by atomic mass is 9.66. The molecular weight excluding hydrogens is 931 g/mol. The van der Waals surface area contributed by atoms with Crippen molar-refractivity contribution in [2.75, 3.05) is 33.0 Å². The smallest absolute Gasteiger partial charge is 0.410 e. The molecule has 0 N–H and O–H groups in total. The number of pyridine rings is 2. The van der Waals surface area contributed by atoms with Crippen LogP contribution in [-0.4, -0.2) is 70.7 Å². The molecule has 9 nitrogen and oxygen atoms in total. The molecule has 4 heterocycles. The summed E-state index contributed by atoms with van der Waals surface area (Å²) in [6.07, 6.45) is 32.2. The van der Waals surface area contributed by atoms with Gasteiger partial charge < -0.3 is 28.6 Å². The van der Waals surface area contributed by atoms with Crippen LogP contribution >= 0.6 is 0 Å². The number of aromatic nitrogens is 2. The van der Waals surface area contributed by atoms with Crippen molar-refractivity contribution >= 4 is 6.09 Å². The van der Waals surface area contributed by atoms with Crippen LogP contribution in [0, 0.1) is 11.8 Å². The lowest BCUT2D eigenvalue weighted by Gasteiger charge is -2.47. The summed E-state index contributed by atoms with van der Waals surface area (Å²) >= 11 is 0. The molecule has 1 amide bonds. The Morgan fingerprint density at radius 1 is 0.587 bits per heavy atom. The first-order valence-corrected chi connectivity index (χ1v) is 30.0. The van der Waals surface area contributed by atoms with Crippen LogP contribution in [0.15, 0.2) is 97.3 Å². The minimum atomic E-state index is -0.565. The summed E-state index contributed by atoms with van der Waals surface area (Å²) in [5, 5.41) is 0. The number of fused-ring (bicyclic) bond motifs is 2. The molecule has 75 heavy (non-hydrogen) atoms. The Hall–Kier alpha value is -4.15. The lowest BCUT2D eigenvalue weighted by molar-refractivity contribution is -0.106. The lowest BCUT2D eigenvalue weighted by Crippen LogP contribution is -2.49. The number of benzene rings is 2. The number of nitrogens with zero attached hydrogens (tertiary/aromatic N) is 3. The summed E-state index contributed by atoms with van der Waals surface area (Å²) in [5.41, 5.74) is 7.43. The predicted octanol–water partition coefficient (Wildman–Crippen LogP) is 15.7. The average Bonchev–Trinajstić information content (AvgIpc) is 4.36. The Morgan fingerprint density at radius 3 is 1.60 bits per heavy atom. The van der Waals surface area contributed by atoms with Crippen LogP contribution in [0.5, 0.6) is 0 Å². The minimum Gasteiger partial charge on any atom is -0.444 e. The zero-order valence-electron chi connectivity index (χ0n) is 46.0. The normalized spacial score (nSPS) is 28.7. The first-order valence-electron chi connectivity index (χ1n) is 30.0. The maximum atomic E-state index is 14.0. The number of carbonyl (C=O) groups is 1. The highest BCUT2D eigenvalue weighted by molar-refractivity contribution is 5.69. The van der Waals surface area contributed by atoms with E-state index >= 15 is 0 Å². The van der Waals surface area contributed by atoms with Crippen LogP contribution in [0.25, 0.3) is 0 Å². The van der Waals surface area contributed by atoms with Crippen LogP contribution in [0.3, 0.4) is 0 Å².